The van der Waals surface area contributed by atoms with Gasteiger partial charge < -0.3 is 9.80 Å². The van der Waals surface area contributed by atoms with Crippen LogP contribution in [-0.4, -0.2) is 31.0 Å². The van der Waals surface area contributed by atoms with E-state index in [0.717, 1.165) is 85.0 Å². The maximum Gasteiger partial charge on any atom is 0.264 e. The Kier molecular flexibility index (Phi) is 13.0. The standard InChI is InChI=1S/C41H35Cl4N3O3S4/c42-31-23-35-37(25-33(31)44)53-39(46(35)19-7-21-52)17-15-27-13-14-28(41(27)48(29-9-3-1-4-10-29)30-11-5-2-6-12-30)16-18-40-47(20-8-22-55(49,50)51)36-24-32(43)34(45)26-38(36)54-40/h1-6,9-12,15-18,23-26H,7-8,13-14,19-22H2,(H-,49,50,51,52)/p+1. The number of rotatable bonds is 13. The average molecular weight is 889 g/mol. The van der Waals surface area contributed by atoms with Crippen molar-refractivity contribution in [1.82, 2.24) is 0 Å². The highest BCUT2D eigenvalue weighted by Crippen LogP contribution is 2.49. The Morgan fingerprint density at radius 3 is 2.16 bits per heavy atom. The molecule has 0 atom stereocenters. The number of allylic oxidation sites excluding steroid dienone is 5. The van der Waals surface area contributed by atoms with Crippen molar-refractivity contribution < 1.29 is 17.5 Å². The van der Waals surface area contributed by atoms with E-state index in [1.165, 1.54) is 5.57 Å². The van der Waals surface area contributed by atoms with Crippen molar-refractivity contribution in [2.75, 3.05) is 27.9 Å². The zero-order valence-electron chi connectivity index (χ0n) is 29.3. The van der Waals surface area contributed by atoms with E-state index in [9.17, 15) is 13.0 Å². The summed E-state index contributed by atoms with van der Waals surface area (Å²) in [6.45, 7) is 1.16. The number of halogens is 4. The lowest BCUT2D eigenvalue weighted by Crippen LogP contribution is -2.35. The van der Waals surface area contributed by atoms with Gasteiger partial charge in [0.25, 0.3) is 15.1 Å². The van der Waals surface area contributed by atoms with Crippen molar-refractivity contribution in [2.24, 2.45) is 0 Å². The molecule has 4 aromatic carbocycles. The quantitative estimate of drug-likeness (QED) is 0.0698. The molecule has 284 valence electrons. The summed E-state index contributed by atoms with van der Waals surface area (Å²) >= 11 is 33.5. The molecule has 0 fully saturated rings. The van der Waals surface area contributed by atoms with Gasteiger partial charge in [0.2, 0.25) is 5.52 Å². The van der Waals surface area contributed by atoms with Gasteiger partial charge >= 0.3 is 0 Å². The van der Waals surface area contributed by atoms with Crippen molar-refractivity contribution in [2.45, 2.75) is 37.1 Å². The molecule has 0 amide bonds. The number of nitrogens with zero attached hydrogens (tertiary/aromatic N) is 3. The number of thiol groups is 1. The predicted molar refractivity (Wildman–Crippen MR) is 238 cm³/mol. The lowest BCUT2D eigenvalue weighted by molar-refractivity contribution is -0.668. The fraction of sp³-hybridized carbons (Fsp3) is 0.195. The number of aromatic nitrogens is 1. The summed E-state index contributed by atoms with van der Waals surface area (Å²) in [6.07, 6.45) is 11.4. The minimum atomic E-state index is -4.12. The van der Waals surface area contributed by atoms with Crippen LogP contribution in [-0.2, 0) is 16.7 Å². The van der Waals surface area contributed by atoms with Gasteiger partial charge in [0, 0.05) is 41.4 Å². The van der Waals surface area contributed by atoms with E-state index >= 15 is 0 Å². The largest absolute Gasteiger partial charge is 0.335 e. The minimum absolute atomic E-state index is 0.229. The Bertz CT molecular complexity index is 2430. The molecule has 2 heterocycles. The van der Waals surface area contributed by atoms with Gasteiger partial charge in [0.1, 0.15) is 4.70 Å². The molecule has 0 unspecified atom stereocenters. The van der Waals surface area contributed by atoms with Crippen molar-refractivity contribution in [3.8, 4) is 0 Å². The van der Waals surface area contributed by atoms with Crippen LogP contribution in [0.4, 0.5) is 17.1 Å². The first kappa shape index (κ1) is 40.3. The fourth-order valence-corrected chi connectivity index (χ4v) is 10.4. The van der Waals surface area contributed by atoms with E-state index in [4.69, 9.17) is 46.4 Å². The zero-order chi connectivity index (χ0) is 38.7. The van der Waals surface area contributed by atoms with E-state index in [1.807, 2.05) is 65.6 Å². The third-order valence-corrected chi connectivity index (χ3v) is 14.0. The van der Waals surface area contributed by atoms with Crippen LogP contribution in [0.25, 0.3) is 16.3 Å². The Morgan fingerprint density at radius 2 is 1.49 bits per heavy atom. The average Bonchev–Trinajstić information content (AvgIpc) is 3.82. The topological polar surface area (TPSA) is 64.7 Å². The summed E-state index contributed by atoms with van der Waals surface area (Å²) in [5, 5.41) is 3.91. The summed E-state index contributed by atoms with van der Waals surface area (Å²) in [7, 11) is -4.12. The molecule has 0 bridgehead atoms. The van der Waals surface area contributed by atoms with Crippen molar-refractivity contribution in [3.63, 3.8) is 0 Å². The first-order valence-electron chi connectivity index (χ1n) is 17.6. The maximum atomic E-state index is 11.6. The first-order valence-corrected chi connectivity index (χ1v) is 22.9. The Morgan fingerprint density at radius 1 is 0.836 bits per heavy atom. The fourth-order valence-electron chi connectivity index (χ4n) is 6.77. The molecule has 1 aliphatic carbocycles. The number of anilines is 3. The number of hydrogen-bond donors (Lipinski definition) is 2. The molecule has 1 aliphatic heterocycles. The number of benzene rings is 4. The smallest absolute Gasteiger partial charge is 0.264 e. The van der Waals surface area contributed by atoms with Crippen LogP contribution in [0.2, 0.25) is 20.1 Å². The molecule has 5 aromatic rings. The van der Waals surface area contributed by atoms with Gasteiger partial charge in [-0.1, -0.05) is 112 Å². The summed E-state index contributed by atoms with van der Waals surface area (Å²) in [4.78, 5) is 5.28. The number of para-hydroxylation sites is 2. The van der Waals surface area contributed by atoms with Crippen molar-refractivity contribution in [3.05, 3.63) is 150 Å². The lowest BCUT2D eigenvalue weighted by atomic mass is 10.1. The maximum absolute atomic E-state index is 11.6. The minimum Gasteiger partial charge on any atom is -0.335 e. The van der Waals surface area contributed by atoms with Crippen LogP contribution in [0, 0.1) is 0 Å². The van der Waals surface area contributed by atoms with Gasteiger partial charge in [-0.15, -0.1) is 0 Å². The molecule has 7 rings (SSSR count). The number of thiazole rings is 1. The second-order valence-corrected chi connectivity index (χ2v) is 18.7. The SMILES string of the molecule is O=S(=O)(O)CCCN1/C(=C/C=C2\CCC(/C=C/c3sc4cc(Cl)c(Cl)cc4[n+]3CCCS)=C2N(c2ccccc2)c2ccccc2)Sc2cc(Cl)c(Cl)cc21. The molecule has 55 heavy (non-hydrogen) atoms. The van der Waals surface area contributed by atoms with E-state index in [1.54, 1.807) is 23.1 Å². The predicted octanol–water partition coefficient (Wildman–Crippen LogP) is 12.7. The Hall–Kier alpha value is -2.90. The monoisotopic (exact) mass is 886 g/mol. The number of aryl methyl sites for hydroxylation is 1. The van der Waals surface area contributed by atoms with Gasteiger partial charge in [-0.3, -0.25) is 4.55 Å². The second kappa shape index (κ2) is 17.7. The van der Waals surface area contributed by atoms with Gasteiger partial charge in [0.05, 0.1) is 42.3 Å². The summed E-state index contributed by atoms with van der Waals surface area (Å²) in [6, 6.07) is 28.2. The molecule has 0 spiro atoms. The summed E-state index contributed by atoms with van der Waals surface area (Å²) < 4.78 is 36.0. The molecule has 0 saturated carbocycles. The van der Waals surface area contributed by atoms with Gasteiger partial charge in [0.15, 0.2) is 6.54 Å². The molecule has 6 nitrogen and oxygen atoms in total. The van der Waals surface area contributed by atoms with Crippen LogP contribution < -0.4 is 14.4 Å². The molecule has 14 heteroatoms. The van der Waals surface area contributed by atoms with E-state index in [2.05, 4.69) is 70.7 Å². The van der Waals surface area contributed by atoms with Crippen molar-refractivity contribution >= 4 is 126 Å². The second-order valence-electron chi connectivity index (χ2n) is 12.9. The molecular formula is C41H36Cl4N3O3S4+. The highest BCUT2D eigenvalue weighted by atomic mass is 35.5. The van der Waals surface area contributed by atoms with Gasteiger partial charge in [-0.25, -0.2) is 0 Å². The van der Waals surface area contributed by atoms with E-state index < -0.39 is 10.1 Å². The third kappa shape index (κ3) is 9.30. The van der Waals surface area contributed by atoms with Crippen LogP contribution >= 0.6 is 82.1 Å². The summed E-state index contributed by atoms with van der Waals surface area (Å²) in [5.74, 6) is 0.414. The molecule has 0 saturated heterocycles. The normalized spacial score (nSPS) is 16.1. The van der Waals surface area contributed by atoms with Crippen LogP contribution in [0.3, 0.4) is 0 Å². The van der Waals surface area contributed by atoms with Crippen LogP contribution in [0.5, 0.6) is 0 Å². The highest BCUT2D eigenvalue weighted by molar-refractivity contribution is 8.03. The van der Waals surface area contributed by atoms with Gasteiger partial charge in [-0.05, 0) is 90.8 Å². The summed E-state index contributed by atoms with van der Waals surface area (Å²) in [5.41, 5.74) is 7.36. The molecule has 1 N–H and O–H groups in total. The highest BCUT2D eigenvalue weighted by Gasteiger charge is 2.29. The van der Waals surface area contributed by atoms with E-state index in [-0.39, 0.29) is 12.2 Å². The Balaban J connectivity index is 1.35. The number of thioether (sulfide) groups is 1. The van der Waals surface area contributed by atoms with Gasteiger partial charge in [-0.2, -0.15) is 25.6 Å². The van der Waals surface area contributed by atoms with E-state index in [0.29, 0.717) is 26.6 Å². The number of fused-ring (bicyclic) bond motifs is 2. The van der Waals surface area contributed by atoms with Crippen LogP contribution in [0.1, 0.15) is 30.7 Å². The number of hydrogen-bond acceptors (Lipinski definition) is 7. The molecule has 1 aromatic heterocycles. The molecular weight excluding hydrogens is 853 g/mol. The zero-order valence-corrected chi connectivity index (χ0v) is 35.7. The lowest BCUT2D eigenvalue weighted by Gasteiger charge is -2.28. The third-order valence-electron chi connectivity index (χ3n) is 9.25. The van der Waals surface area contributed by atoms with Crippen LogP contribution in [0.15, 0.2) is 130 Å². The van der Waals surface area contributed by atoms with Crippen molar-refractivity contribution in [1.29, 1.82) is 0 Å². The Labute approximate surface area is 355 Å². The molecule has 2 aliphatic rings. The molecule has 0 radical (unpaired) electrons. The first-order chi connectivity index (χ1) is 26.5.